The summed E-state index contributed by atoms with van der Waals surface area (Å²) in [7, 11) is 4.67. The second kappa shape index (κ2) is 11.0. The van der Waals surface area contributed by atoms with Crippen LogP contribution in [-0.2, 0) is 24.0 Å². The van der Waals surface area contributed by atoms with Crippen LogP contribution in [0.4, 0.5) is 0 Å². The molecule has 9 heteroatoms. The lowest BCUT2D eigenvalue weighted by Gasteiger charge is -2.27. The summed E-state index contributed by atoms with van der Waals surface area (Å²) in [6.45, 7) is 1.89. The molecule has 2 aromatic carbocycles. The summed E-state index contributed by atoms with van der Waals surface area (Å²) in [5, 5.41) is 25.9. The van der Waals surface area contributed by atoms with E-state index in [1.807, 2.05) is 19.1 Å². The Bertz CT molecular complexity index is 1460. The van der Waals surface area contributed by atoms with Crippen molar-refractivity contribution in [3.05, 3.63) is 88.2 Å². The number of hydrogen-bond acceptors (Lipinski definition) is 7. The minimum absolute atomic E-state index is 0.00863. The van der Waals surface area contributed by atoms with Crippen LogP contribution in [0.1, 0.15) is 44.5 Å². The molecule has 204 valence electrons. The zero-order valence-corrected chi connectivity index (χ0v) is 22.4. The third-order valence-electron chi connectivity index (χ3n) is 7.33. The maximum atomic E-state index is 11.8. The Balaban J connectivity index is 1.52. The van der Waals surface area contributed by atoms with Crippen molar-refractivity contribution in [2.75, 3.05) is 21.3 Å². The van der Waals surface area contributed by atoms with Crippen LogP contribution in [-0.4, -0.2) is 59.3 Å². The third kappa shape index (κ3) is 5.15. The van der Waals surface area contributed by atoms with Crippen molar-refractivity contribution in [2.24, 2.45) is 0 Å². The maximum absolute atomic E-state index is 11.8. The summed E-state index contributed by atoms with van der Waals surface area (Å²) in [5.74, 6) is 0.585. The van der Waals surface area contributed by atoms with Crippen LogP contribution in [0.15, 0.2) is 54.6 Å². The topological polar surface area (TPSA) is 112 Å². The Labute approximate surface area is 226 Å². The van der Waals surface area contributed by atoms with E-state index in [-0.39, 0.29) is 18.2 Å². The first-order valence-corrected chi connectivity index (χ1v) is 12.7. The van der Waals surface area contributed by atoms with Crippen LogP contribution in [0.25, 0.3) is 5.52 Å². The first-order chi connectivity index (χ1) is 18.8. The van der Waals surface area contributed by atoms with E-state index in [4.69, 9.17) is 18.9 Å². The van der Waals surface area contributed by atoms with Gasteiger partial charge in [-0.3, -0.25) is 0 Å². The highest BCUT2D eigenvalue weighted by Gasteiger charge is 2.31. The summed E-state index contributed by atoms with van der Waals surface area (Å²) in [4.78, 5) is 11.8. The van der Waals surface area contributed by atoms with Crippen molar-refractivity contribution in [1.82, 2.24) is 9.61 Å². The van der Waals surface area contributed by atoms with Gasteiger partial charge in [0.25, 0.3) is 0 Å². The van der Waals surface area contributed by atoms with E-state index < -0.39 is 18.2 Å². The first-order valence-electron chi connectivity index (χ1n) is 12.7. The summed E-state index contributed by atoms with van der Waals surface area (Å²) >= 11 is 0. The van der Waals surface area contributed by atoms with Crippen LogP contribution in [0, 0.1) is 6.92 Å². The molecule has 2 unspecified atom stereocenters. The minimum atomic E-state index is -1.10. The zero-order chi connectivity index (χ0) is 27.7. The summed E-state index contributed by atoms with van der Waals surface area (Å²) < 4.78 is 24.5. The number of nitrogens with zero attached hydrogens (tertiary/aromatic N) is 2. The second-order valence-corrected chi connectivity index (χ2v) is 9.70. The Morgan fingerprint density at radius 3 is 2.15 bits per heavy atom. The first kappa shape index (κ1) is 26.5. The van der Waals surface area contributed by atoms with Crippen molar-refractivity contribution in [2.45, 2.75) is 44.5 Å². The molecule has 1 aliphatic rings. The van der Waals surface area contributed by atoms with Gasteiger partial charge in [-0.2, -0.15) is 5.10 Å². The number of aromatic carboxylic acids is 1. The van der Waals surface area contributed by atoms with Crippen LogP contribution in [0.3, 0.4) is 0 Å². The number of aliphatic hydroxyl groups is 1. The molecule has 9 nitrogen and oxygen atoms in total. The third-order valence-corrected chi connectivity index (χ3v) is 7.33. The number of fused-ring (bicyclic) bond motifs is 2. The van der Waals surface area contributed by atoms with Gasteiger partial charge in [0.2, 0.25) is 0 Å². The van der Waals surface area contributed by atoms with Crippen molar-refractivity contribution in [3.8, 4) is 17.2 Å². The van der Waals surface area contributed by atoms with Gasteiger partial charge >= 0.3 is 5.97 Å². The molecule has 5 rings (SSSR count). The van der Waals surface area contributed by atoms with E-state index in [2.05, 4.69) is 17.2 Å². The number of carbonyl (C=O) groups is 1. The highest BCUT2D eigenvalue weighted by Crippen LogP contribution is 2.36. The molecule has 0 saturated heterocycles. The Hall–Kier alpha value is -4.08. The molecule has 2 N–H and O–H groups in total. The van der Waals surface area contributed by atoms with Gasteiger partial charge < -0.3 is 29.2 Å². The molecule has 2 aromatic heterocycles. The largest absolute Gasteiger partial charge is 0.496 e. The Kier molecular flexibility index (Phi) is 7.45. The van der Waals surface area contributed by atoms with Gasteiger partial charge in [-0.1, -0.05) is 24.3 Å². The van der Waals surface area contributed by atoms with Gasteiger partial charge in [-0.15, -0.1) is 0 Å². The van der Waals surface area contributed by atoms with Crippen LogP contribution in [0.5, 0.6) is 17.2 Å². The van der Waals surface area contributed by atoms with Crippen molar-refractivity contribution < 1.29 is 34.0 Å². The molecule has 2 atom stereocenters. The normalized spacial score (nSPS) is 14.7. The highest BCUT2D eigenvalue weighted by atomic mass is 16.5. The number of ether oxygens (including phenoxy) is 4. The highest BCUT2D eigenvalue weighted by molar-refractivity contribution is 5.87. The molecule has 0 fully saturated rings. The molecule has 0 saturated carbocycles. The average Bonchev–Trinajstić information content (AvgIpc) is 3.55. The van der Waals surface area contributed by atoms with E-state index in [1.54, 1.807) is 38.5 Å². The standard InChI is InChI=1S/C30H32N2O7/c1-17-26(37-3)13-20(14-27(17)38-4)29(33)28(39-22-11-18-7-5-6-8-19(18)12-22)16-21-15-24-25(36-2)10-9-23(30(34)35)32(24)31-21/h5-10,13-15,22,28-29,33H,11-12,16H2,1-4H3,(H,34,35). The van der Waals surface area contributed by atoms with Crippen molar-refractivity contribution in [1.29, 1.82) is 0 Å². The second-order valence-electron chi connectivity index (χ2n) is 9.70. The van der Waals surface area contributed by atoms with E-state index >= 15 is 0 Å². The number of pyridine rings is 1. The lowest BCUT2D eigenvalue weighted by atomic mass is 9.98. The number of rotatable bonds is 10. The molecular formula is C30H32N2O7. The molecule has 1 aliphatic carbocycles. The number of aromatic nitrogens is 2. The maximum Gasteiger partial charge on any atom is 0.354 e. The molecule has 2 heterocycles. The fourth-order valence-corrected chi connectivity index (χ4v) is 5.33. The SMILES string of the molecule is COc1cc(C(O)C(Cc2cc3c(OC)ccc(C(=O)O)n3n2)OC2Cc3ccccc3C2)cc(OC)c1C. The van der Waals surface area contributed by atoms with Crippen LogP contribution >= 0.6 is 0 Å². The fourth-order valence-electron chi connectivity index (χ4n) is 5.33. The van der Waals surface area contributed by atoms with Gasteiger partial charge in [-0.05, 0) is 66.8 Å². The number of aliphatic hydroxyl groups excluding tert-OH is 1. The summed E-state index contributed by atoms with van der Waals surface area (Å²) in [6.07, 6.45) is -0.147. The van der Waals surface area contributed by atoms with E-state index in [1.165, 1.54) is 28.8 Å². The van der Waals surface area contributed by atoms with Gasteiger partial charge in [-0.25, -0.2) is 9.31 Å². The Morgan fingerprint density at radius 2 is 1.59 bits per heavy atom. The molecule has 0 bridgehead atoms. The van der Waals surface area contributed by atoms with Gasteiger partial charge in [0.15, 0.2) is 5.69 Å². The van der Waals surface area contributed by atoms with Crippen LogP contribution in [0.2, 0.25) is 0 Å². The number of carboxylic acid groups (broad SMARTS) is 1. The predicted molar refractivity (Wildman–Crippen MR) is 144 cm³/mol. The molecule has 0 amide bonds. The number of hydrogen-bond donors (Lipinski definition) is 2. The molecule has 0 aliphatic heterocycles. The van der Waals surface area contributed by atoms with Crippen molar-refractivity contribution >= 4 is 11.5 Å². The van der Waals surface area contributed by atoms with Gasteiger partial charge in [0.1, 0.15) is 28.9 Å². The lowest BCUT2D eigenvalue weighted by molar-refractivity contribution is -0.0747. The smallest absolute Gasteiger partial charge is 0.354 e. The minimum Gasteiger partial charge on any atom is -0.496 e. The summed E-state index contributed by atoms with van der Waals surface area (Å²) in [5.41, 5.74) is 4.97. The molecule has 0 radical (unpaired) electrons. The van der Waals surface area contributed by atoms with Gasteiger partial charge in [0.05, 0.1) is 39.2 Å². The predicted octanol–water partition coefficient (Wildman–Crippen LogP) is 4.20. The van der Waals surface area contributed by atoms with Gasteiger partial charge in [0, 0.05) is 12.0 Å². The summed E-state index contributed by atoms with van der Waals surface area (Å²) in [6, 6.07) is 16.6. The molecule has 39 heavy (non-hydrogen) atoms. The number of carboxylic acids is 1. The number of benzene rings is 2. The van der Waals surface area contributed by atoms with Crippen molar-refractivity contribution in [3.63, 3.8) is 0 Å². The fraction of sp³-hybridized carbons (Fsp3) is 0.333. The number of methoxy groups -OCH3 is 3. The quantitative estimate of drug-likeness (QED) is 0.313. The zero-order valence-electron chi connectivity index (χ0n) is 22.4. The molecule has 0 spiro atoms. The van der Waals surface area contributed by atoms with Crippen LogP contribution < -0.4 is 14.2 Å². The van der Waals surface area contributed by atoms with E-state index in [0.29, 0.717) is 34.0 Å². The Morgan fingerprint density at radius 1 is 0.974 bits per heavy atom. The van der Waals surface area contributed by atoms with E-state index in [0.717, 1.165) is 18.4 Å². The van der Waals surface area contributed by atoms with E-state index in [9.17, 15) is 15.0 Å². The molecule has 4 aromatic rings. The lowest BCUT2D eigenvalue weighted by Crippen LogP contribution is -2.30. The average molecular weight is 533 g/mol. The molecular weight excluding hydrogens is 500 g/mol. The monoisotopic (exact) mass is 532 g/mol.